The summed E-state index contributed by atoms with van der Waals surface area (Å²) in [5.74, 6) is 1.68. The zero-order chi connectivity index (χ0) is 20.9. The molecule has 0 atom stereocenters. The molecule has 0 saturated carbocycles. The second-order valence-corrected chi connectivity index (χ2v) is 7.19. The van der Waals surface area contributed by atoms with Crippen LogP contribution in [0.2, 0.25) is 0 Å². The van der Waals surface area contributed by atoms with Crippen LogP contribution in [-0.2, 0) is 17.9 Å². The van der Waals surface area contributed by atoms with Crippen LogP contribution >= 0.6 is 0 Å². The highest BCUT2D eigenvalue weighted by molar-refractivity contribution is 5.79. The number of nitrogens with one attached hydrogen (secondary N) is 2. The fraction of sp³-hybridized carbons (Fsp3) is 0.478. The Balaban J connectivity index is 1.45. The molecular weight excluding hydrogens is 378 g/mol. The fourth-order valence-electron chi connectivity index (χ4n) is 3.22. The van der Waals surface area contributed by atoms with Crippen LogP contribution in [0.25, 0.3) is 0 Å². The average molecular weight is 412 g/mol. The smallest absolute Gasteiger partial charge is 0.191 e. The molecule has 1 aliphatic rings. The molecular formula is C23H33N5O2. The van der Waals surface area contributed by atoms with Gasteiger partial charge in [-0.2, -0.15) is 0 Å². The van der Waals surface area contributed by atoms with Crippen molar-refractivity contribution in [1.29, 1.82) is 0 Å². The van der Waals surface area contributed by atoms with Crippen molar-refractivity contribution in [2.45, 2.75) is 26.5 Å². The number of ether oxygens (including phenoxy) is 2. The van der Waals surface area contributed by atoms with Gasteiger partial charge in [0.25, 0.3) is 0 Å². The Morgan fingerprint density at radius 3 is 2.87 bits per heavy atom. The Hall–Kier alpha value is -2.64. The van der Waals surface area contributed by atoms with Crippen molar-refractivity contribution in [1.82, 2.24) is 20.5 Å². The summed E-state index contributed by atoms with van der Waals surface area (Å²) < 4.78 is 11.3. The third kappa shape index (κ3) is 8.00. The summed E-state index contributed by atoms with van der Waals surface area (Å²) in [6, 6.07) is 13.9. The Bertz CT molecular complexity index is 763. The molecule has 2 heterocycles. The highest BCUT2D eigenvalue weighted by atomic mass is 16.5. The van der Waals surface area contributed by atoms with Crippen LogP contribution < -0.4 is 15.4 Å². The van der Waals surface area contributed by atoms with Crippen molar-refractivity contribution in [2.75, 3.05) is 45.9 Å². The van der Waals surface area contributed by atoms with Crippen molar-refractivity contribution in [3.8, 4) is 5.75 Å². The number of nitrogens with zero attached hydrogens (tertiary/aromatic N) is 3. The highest BCUT2D eigenvalue weighted by Crippen LogP contribution is 2.15. The molecule has 0 radical (unpaired) electrons. The Morgan fingerprint density at radius 2 is 2.07 bits per heavy atom. The van der Waals surface area contributed by atoms with Crippen molar-refractivity contribution < 1.29 is 9.47 Å². The van der Waals surface area contributed by atoms with Crippen molar-refractivity contribution in [3.05, 3.63) is 59.9 Å². The van der Waals surface area contributed by atoms with E-state index < -0.39 is 0 Å². The van der Waals surface area contributed by atoms with E-state index in [1.165, 1.54) is 0 Å². The standard InChI is InChI=1S/C23H33N5O2/c1-2-24-23(26-11-6-12-28-13-15-29-16-14-28)27-18-20-7-5-9-22(17-20)30-19-21-8-3-4-10-25-21/h3-5,7-10,17H,2,6,11-16,18-19H2,1H3,(H2,24,26,27). The molecule has 7 nitrogen and oxygen atoms in total. The molecule has 0 amide bonds. The number of hydrogen-bond acceptors (Lipinski definition) is 5. The summed E-state index contributed by atoms with van der Waals surface area (Å²) in [6.07, 6.45) is 2.86. The molecule has 3 rings (SSSR count). The first-order valence-corrected chi connectivity index (χ1v) is 10.8. The second-order valence-electron chi connectivity index (χ2n) is 7.19. The predicted octanol–water partition coefficient (Wildman–Crippen LogP) is 2.44. The number of guanidine groups is 1. The molecule has 1 aliphatic heterocycles. The van der Waals surface area contributed by atoms with E-state index in [2.05, 4.69) is 33.5 Å². The fourth-order valence-corrected chi connectivity index (χ4v) is 3.22. The highest BCUT2D eigenvalue weighted by Gasteiger charge is 2.09. The average Bonchev–Trinajstić information content (AvgIpc) is 2.80. The lowest BCUT2D eigenvalue weighted by molar-refractivity contribution is 0.0376. The van der Waals surface area contributed by atoms with Crippen LogP contribution in [-0.4, -0.2) is 61.8 Å². The first kappa shape index (κ1) is 22.1. The summed E-state index contributed by atoms with van der Waals surface area (Å²) >= 11 is 0. The summed E-state index contributed by atoms with van der Waals surface area (Å²) in [4.78, 5) is 11.5. The molecule has 0 aliphatic carbocycles. The SMILES string of the molecule is CCNC(=NCc1cccc(OCc2ccccn2)c1)NCCCN1CCOCC1. The van der Waals surface area contributed by atoms with E-state index in [0.717, 1.165) is 75.3 Å². The molecule has 162 valence electrons. The molecule has 0 spiro atoms. The van der Waals surface area contributed by atoms with Crippen LogP contribution in [0.15, 0.2) is 53.7 Å². The molecule has 1 aromatic heterocycles. The third-order valence-electron chi connectivity index (χ3n) is 4.82. The molecule has 1 fully saturated rings. The Labute approximate surface area is 179 Å². The van der Waals surface area contributed by atoms with Crippen LogP contribution in [0.3, 0.4) is 0 Å². The lowest BCUT2D eigenvalue weighted by Crippen LogP contribution is -2.40. The molecule has 7 heteroatoms. The summed E-state index contributed by atoms with van der Waals surface area (Å²) in [5, 5.41) is 6.75. The van der Waals surface area contributed by atoms with E-state index in [-0.39, 0.29) is 0 Å². The van der Waals surface area contributed by atoms with Crippen molar-refractivity contribution >= 4 is 5.96 Å². The van der Waals surface area contributed by atoms with Gasteiger partial charge in [-0.25, -0.2) is 4.99 Å². The molecule has 30 heavy (non-hydrogen) atoms. The number of hydrogen-bond donors (Lipinski definition) is 2. The summed E-state index contributed by atoms with van der Waals surface area (Å²) in [5.41, 5.74) is 2.02. The van der Waals surface area contributed by atoms with E-state index in [9.17, 15) is 0 Å². The van der Waals surface area contributed by atoms with E-state index >= 15 is 0 Å². The first-order valence-electron chi connectivity index (χ1n) is 10.8. The molecule has 1 aromatic carbocycles. The second kappa shape index (κ2) is 12.8. The van der Waals surface area contributed by atoms with Gasteiger partial charge in [0, 0.05) is 32.4 Å². The molecule has 2 N–H and O–H groups in total. The summed E-state index contributed by atoms with van der Waals surface area (Å²) in [6.45, 7) is 9.73. The normalized spacial score (nSPS) is 15.0. The maximum absolute atomic E-state index is 5.87. The van der Waals surface area contributed by atoms with Crippen LogP contribution in [0.1, 0.15) is 24.6 Å². The van der Waals surface area contributed by atoms with Gasteiger partial charge in [-0.1, -0.05) is 18.2 Å². The number of aromatic nitrogens is 1. The van der Waals surface area contributed by atoms with Crippen LogP contribution in [0.5, 0.6) is 5.75 Å². The number of rotatable bonds is 10. The lowest BCUT2D eigenvalue weighted by atomic mass is 10.2. The predicted molar refractivity (Wildman–Crippen MR) is 120 cm³/mol. The lowest BCUT2D eigenvalue weighted by Gasteiger charge is -2.26. The monoisotopic (exact) mass is 411 g/mol. The largest absolute Gasteiger partial charge is 0.487 e. The van der Waals surface area contributed by atoms with Gasteiger partial charge < -0.3 is 20.1 Å². The zero-order valence-electron chi connectivity index (χ0n) is 17.8. The molecule has 1 saturated heterocycles. The number of benzene rings is 1. The van der Waals surface area contributed by atoms with Crippen LogP contribution in [0, 0.1) is 0 Å². The van der Waals surface area contributed by atoms with Gasteiger partial charge >= 0.3 is 0 Å². The zero-order valence-corrected chi connectivity index (χ0v) is 17.8. The van der Waals surface area contributed by atoms with Gasteiger partial charge in [-0.15, -0.1) is 0 Å². The number of morpholine rings is 1. The van der Waals surface area contributed by atoms with Gasteiger partial charge in [-0.05, 0) is 49.7 Å². The number of aliphatic imine (C=N–C) groups is 1. The maximum Gasteiger partial charge on any atom is 0.191 e. The maximum atomic E-state index is 5.87. The summed E-state index contributed by atoms with van der Waals surface area (Å²) in [7, 11) is 0. The molecule has 0 bridgehead atoms. The number of pyridine rings is 1. The van der Waals surface area contributed by atoms with E-state index in [0.29, 0.717) is 13.2 Å². The third-order valence-corrected chi connectivity index (χ3v) is 4.82. The van der Waals surface area contributed by atoms with Gasteiger partial charge in [-0.3, -0.25) is 9.88 Å². The van der Waals surface area contributed by atoms with Gasteiger partial charge in [0.05, 0.1) is 25.5 Å². The minimum absolute atomic E-state index is 0.459. The topological polar surface area (TPSA) is 71.0 Å². The van der Waals surface area contributed by atoms with E-state index in [1.54, 1.807) is 6.20 Å². The minimum Gasteiger partial charge on any atom is -0.487 e. The quantitative estimate of drug-likeness (QED) is 0.356. The Morgan fingerprint density at radius 1 is 1.17 bits per heavy atom. The van der Waals surface area contributed by atoms with Gasteiger partial charge in [0.2, 0.25) is 0 Å². The van der Waals surface area contributed by atoms with Gasteiger partial charge in [0.1, 0.15) is 12.4 Å². The Kier molecular flexibility index (Phi) is 9.43. The molecule has 2 aromatic rings. The van der Waals surface area contributed by atoms with E-state index in [4.69, 9.17) is 14.5 Å². The molecule has 0 unspecified atom stereocenters. The van der Waals surface area contributed by atoms with Crippen LogP contribution in [0.4, 0.5) is 0 Å². The first-order chi connectivity index (χ1) is 14.8. The van der Waals surface area contributed by atoms with Gasteiger partial charge in [0.15, 0.2) is 5.96 Å². The van der Waals surface area contributed by atoms with Crippen molar-refractivity contribution in [3.63, 3.8) is 0 Å². The van der Waals surface area contributed by atoms with E-state index in [1.807, 2.05) is 36.4 Å². The minimum atomic E-state index is 0.459. The van der Waals surface area contributed by atoms with Crippen molar-refractivity contribution in [2.24, 2.45) is 4.99 Å².